The predicted molar refractivity (Wildman–Crippen MR) is 138 cm³/mol. The Morgan fingerprint density at radius 1 is 0.824 bits per heavy atom. The second kappa shape index (κ2) is 13.3. The SMILES string of the molecule is C#CCOC[C@@H](O)COc1c(Cl)cc(C(C)(C)c2cc(Cl)c(OC[C@H](O)CCl)c(Cl)c2)cc1Cl. The van der Waals surface area contributed by atoms with Crippen LogP contribution in [0, 0.1) is 12.3 Å². The van der Waals surface area contributed by atoms with Crippen LogP contribution in [0.4, 0.5) is 0 Å². The summed E-state index contributed by atoms with van der Waals surface area (Å²) in [6, 6.07) is 6.92. The Labute approximate surface area is 224 Å². The number of ether oxygens (including phenoxy) is 3. The molecule has 186 valence electrons. The molecule has 0 radical (unpaired) electrons. The number of hydrogen-bond acceptors (Lipinski definition) is 5. The highest BCUT2D eigenvalue weighted by atomic mass is 35.5. The van der Waals surface area contributed by atoms with E-state index in [1.807, 2.05) is 13.8 Å². The van der Waals surface area contributed by atoms with Crippen molar-refractivity contribution in [1.29, 1.82) is 0 Å². The van der Waals surface area contributed by atoms with Gasteiger partial charge in [-0.2, -0.15) is 0 Å². The molecule has 0 saturated carbocycles. The van der Waals surface area contributed by atoms with E-state index >= 15 is 0 Å². The Morgan fingerprint density at radius 2 is 1.24 bits per heavy atom. The first-order valence-corrected chi connectivity index (χ1v) is 12.2. The van der Waals surface area contributed by atoms with E-state index in [-0.39, 0.29) is 63.9 Å². The molecule has 0 heterocycles. The van der Waals surface area contributed by atoms with Crippen molar-refractivity contribution in [2.24, 2.45) is 0 Å². The first-order valence-electron chi connectivity index (χ1n) is 10.2. The van der Waals surface area contributed by atoms with E-state index in [0.29, 0.717) is 0 Å². The molecule has 2 aromatic rings. The van der Waals surface area contributed by atoms with Gasteiger partial charge in [0, 0.05) is 5.41 Å². The molecule has 0 aliphatic carbocycles. The lowest BCUT2D eigenvalue weighted by Gasteiger charge is -2.28. The first-order chi connectivity index (χ1) is 16.0. The second-order valence-electron chi connectivity index (χ2n) is 7.97. The lowest BCUT2D eigenvalue weighted by atomic mass is 9.78. The molecule has 0 bridgehead atoms. The van der Waals surface area contributed by atoms with Crippen molar-refractivity contribution in [2.45, 2.75) is 31.5 Å². The van der Waals surface area contributed by atoms with Crippen LogP contribution in [0.1, 0.15) is 25.0 Å². The Kier molecular flexibility index (Phi) is 11.4. The van der Waals surface area contributed by atoms with Crippen molar-refractivity contribution >= 4 is 58.0 Å². The van der Waals surface area contributed by atoms with Gasteiger partial charge in [-0.3, -0.25) is 0 Å². The van der Waals surface area contributed by atoms with Crippen LogP contribution < -0.4 is 9.47 Å². The number of alkyl halides is 1. The Balaban J connectivity index is 2.24. The van der Waals surface area contributed by atoms with Crippen molar-refractivity contribution in [2.75, 3.05) is 32.3 Å². The van der Waals surface area contributed by atoms with Crippen LogP contribution in [0.2, 0.25) is 20.1 Å². The molecule has 5 nitrogen and oxygen atoms in total. The standard InChI is InChI=1S/C24H25Cl5O5/c1-4-5-32-11-17(31)13-34-23-20(28)8-15(9-21(23)29)24(2,3)14-6-18(26)22(19(27)7-14)33-12-16(30)10-25/h1,6-9,16-17,30-31H,5,10-13H2,2-3H3/t16-,17-/m1/s1. The molecule has 2 atom stereocenters. The Bertz CT molecular complexity index is 975. The summed E-state index contributed by atoms with van der Waals surface area (Å²) in [7, 11) is 0. The quantitative estimate of drug-likeness (QED) is 0.186. The molecule has 0 spiro atoms. The van der Waals surface area contributed by atoms with Gasteiger partial charge in [-0.05, 0) is 35.4 Å². The fourth-order valence-corrected chi connectivity index (χ4v) is 4.27. The smallest absolute Gasteiger partial charge is 0.156 e. The van der Waals surface area contributed by atoms with Gasteiger partial charge in [0.1, 0.15) is 32.0 Å². The molecule has 34 heavy (non-hydrogen) atoms. The fraction of sp³-hybridized carbons (Fsp3) is 0.417. The molecule has 0 saturated heterocycles. The number of aliphatic hydroxyl groups is 2. The lowest BCUT2D eigenvalue weighted by Crippen LogP contribution is -2.24. The van der Waals surface area contributed by atoms with Gasteiger partial charge in [0.15, 0.2) is 11.5 Å². The van der Waals surface area contributed by atoms with Gasteiger partial charge in [0.25, 0.3) is 0 Å². The van der Waals surface area contributed by atoms with Gasteiger partial charge in [0.05, 0.1) is 32.6 Å². The van der Waals surface area contributed by atoms with E-state index in [4.69, 9.17) is 78.6 Å². The van der Waals surface area contributed by atoms with E-state index < -0.39 is 17.6 Å². The second-order valence-corrected chi connectivity index (χ2v) is 9.90. The maximum atomic E-state index is 9.95. The van der Waals surface area contributed by atoms with Crippen molar-refractivity contribution < 1.29 is 24.4 Å². The average molecular weight is 571 g/mol. The number of aliphatic hydroxyl groups excluding tert-OH is 2. The highest BCUT2D eigenvalue weighted by Gasteiger charge is 2.28. The molecule has 0 aromatic heterocycles. The monoisotopic (exact) mass is 568 g/mol. The topological polar surface area (TPSA) is 68.2 Å². The number of halogens is 5. The zero-order chi connectivity index (χ0) is 25.5. The van der Waals surface area contributed by atoms with Crippen LogP contribution >= 0.6 is 58.0 Å². The molecule has 0 amide bonds. The van der Waals surface area contributed by atoms with Crippen LogP contribution in [-0.2, 0) is 10.2 Å². The lowest BCUT2D eigenvalue weighted by molar-refractivity contribution is 0.0229. The number of terminal acetylenes is 1. The molecule has 0 aliphatic rings. The largest absolute Gasteiger partial charge is 0.488 e. The minimum Gasteiger partial charge on any atom is -0.488 e. The van der Waals surface area contributed by atoms with Crippen LogP contribution in [-0.4, -0.2) is 54.7 Å². The predicted octanol–water partition coefficient (Wildman–Crippen LogP) is 5.99. The summed E-state index contributed by atoms with van der Waals surface area (Å²) in [5, 5.41) is 20.7. The molecule has 10 heteroatoms. The molecule has 2 aromatic carbocycles. The van der Waals surface area contributed by atoms with Crippen molar-refractivity contribution in [1.82, 2.24) is 0 Å². The van der Waals surface area contributed by atoms with Crippen LogP contribution in [0.5, 0.6) is 11.5 Å². The summed E-state index contributed by atoms with van der Waals surface area (Å²) in [6.07, 6.45) is 3.37. The zero-order valence-electron chi connectivity index (χ0n) is 18.6. The normalized spacial score (nSPS) is 13.3. The summed E-state index contributed by atoms with van der Waals surface area (Å²) < 4.78 is 16.2. The molecule has 0 aliphatic heterocycles. The summed E-state index contributed by atoms with van der Waals surface area (Å²) >= 11 is 31.3. The Morgan fingerprint density at radius 3 is 1.62 bits per heavy atom. The van der Waals surface area contributed by atoms with Gasteiger partial charge < -0.3 is 24.4 Å². The summed E-state index contributed by atoms with van der Waals surface area (Å²) in [4.78, 5) is 0. The molecule has 0 fully saturated rings. The average Bonchev–Trinajstić information content (AvgIpc) is 2.77. The number of benzene rings is 2. The van der Waals surface area contributed by atoms with Gasteiger partial charge in [-0.15, -0.1) is 18.0 Å². The van der Waals surface area contributed by atoms with Gasteiger partial charge in [-0.1, -0.05) is 66.2 Å². The number of rotatable bonds is 12. The maximum absolute atomic E-state index is 9.95. The van der Waals surface area contributed by atoms with Crippen LogP contribution in [0.15, 0.2) is 24.3 Å². The van der Waals surface area contributed by atoms with E-state index in [1.54, 1.807) is 24.3 Å². The Hall–Kier alpha value is -1.07. The summed E-state index contributed by atoms with van der Waals surface area (Å²) in [6.45, 7) is 3.93. The third kappa shape index (κ3) is 7.71. The van der Waals surface area contributed by atoms with Gasteiger partial charge >= 0.3 is 0 Å². The van der Waals surface area contributed by atoms with Crippen LogP contribution in [0.3, 0.4) is 0 Å². The summed E-state index contributed by atoms with van der Waals surface area (Å²) in [5.74, 6) is 2.85. The summed E-state index contributed by atoms with van der Waals surface area (Å²) in [5.41, 5.74) is 0.969. The maximum Gasteiger partial charge on any atom is 0.156 e. The molecule has 2 N–H and O–H groups in total. The van der Waals surface area contributed by atoms with Crippen molar-refractivity contribution in [3.8, 4) is 23.8 Å². The molecule has 0 unspecified atom stereocenters. The van der Waals surface area contributed by atoms with E-state index in [2.05, 4.69) is 5.92 Å². The fourth-order valence-electron chi connectivity index (χ4n) is 2.99. The van der Waals surface area contributed by atoms with E-state index in [0.717, 1.165) is 11.1 Å². The van der Waals surface area contributed by atoms with Gasteiger partial charge in [0.2, 0.25) is 0 Å². The zero-order valence-corrected chi connectivity index (χ0v) is 22.4. The third-order valence-electron chi connectivity index (χ3n) is 4.95. The first kappa shape index (κ1) is 29.2. The molecular weight excluding hydrogens is 546 g/mol. The minimum atomic E-state index is -0.896. The van der Waals surface area contributed by atoms with E-state index in [1.165, 1.54) is 0 Å². The third-order valence-corrected chi connectivity index (χ3v) is 6.43. The van der Waals surface area contributed by atoms with Gasteiger partial charge in [-0.25, -0.2) is 0 Å². The van der Waals surface area contributed by atoms with Crippen LogP contribution in [0.25, 0.3) is 0 Å². The van der Waals surface area contributed by atoms with Crippen molar-refractivity contribution in [3.63, 3.8) is 0 Å². The molecule has 2 rings (SSSR count). The van der Waals surface area contributed by atoms with Crippen molar-refractivity contribution in [3.05, 3.63) is 55.5 Å². The highest BCUT2D eigenvalue weighted by Crippen LogP contribution is 2.43. The minimum absolute atomic E-state index is 0.0244. The van der Waals surface area contributed by atoms with E-state index in [9.17, 15) is 10.2 Å². The molecular formula is C24H25Cl5O5. The highest BCUT2D eigenvalue weighted by molar-refractivity contribution is 6.38. The number of hydrogen-bond donors (Lipinski definition) is 2.